The molecule has 1 aliphatic rings. The summed E-state index contributed by atoms with van der Waals surface area (Å²) < 4.78 is 0. The Labute approximate surface area is 95.6 Å². The minimum absolute atomic E-state index is 0.528. The molecule has 1 aromatic rings. The van der Waals surface area contributed by atoms with Crippen LogP contribution in [0.25, 0.3) is 5.57 Å². The van der Waals surface area contributed by atoms with Crippen LogP contribution in [0.2, 0.25) is 0 Å². The van der Waals surface area contributed by atoms with Gasteiger partial charge in [0, 0.05) is 0 Å². The highest BCUT2D eigenvalue weighted by molar-refractivity contribution is 6.16. The van der Waals surface area contributed by atoms with Gasteiger partial charge in [-0.15, -0.1) is 0 Å². The molecule has 1 saturated carbocycles. The van der Waals surface area contributed by atoms with Gasteiger partial charge in [0.2, 0.25) is 0 Å². The lowest BCUT2D eigenvalue weighted by molar-refractivity contribution is -0.130. The van der Waals surface area contributed by atoms with E-state index in [2.05, 4.69) is 0 Å². The zero-order chi connectivity index (χ0) is 11.4. The maximum Gasteiger partial charge on any atom is 0.336 e. The van der Waals surface area contributed by atoms with Gasteiger partial charge >= 0.3 is 5.97 Å². The van der Waals surface area contributed by atoms with E-state index in [1.807, 2.05) is 30.3 Å². The third-order valence-electron chi connectivity index (χ3n) is 3.09. The van der Waals surface area contributed by atoms with Crippen LogP contribution in [0.3, 0.4) is 0 Å². The van der Waals surface area contributed by atoms with E-state index in [4.69, 9.17) is 0 Å². The lowest BCUT2D eigenvalue weighted by Crippen LogP contribution is -2.06. The van der Waals surface area contributed by atoms with Crippen LogP contribution in [0, 0.1) is 0 Å². The molecule has 1 aromatic carbocycles. The minimum Gasteiger partial charge on any atom is -0.478 e. The molecule has 0 aliphatic heterocycles. The van der Waals surface area contributed by atoms with Crippen LogP contribution in [0.4, 0.5) is 0 Å². The number of carboxylic acid groups (broad SMARTS) is 1. The zero-order valence-electron chi connectivity index (χ0n) is 9.28. The maximum absolute atomic E-state index is 11.3. The summed E-state index contributed by atoms with van der Waals surface area (Å²) >= 11 is 0. The summed E-state index contributed by atoms with van der Waals surface area (Å²) in [5.74, 6) is -0.789. The molecule has 0 saturated heterocycles. The first kappa shape index (κ1) is 10.9. The van der Waals surface area contributed by atoms with Crippen LogP contribution in [0.15, 0.2) is 35.9 Å². The standard InChI is InChI=1S/C14H16O2/c15-14(16)13(11-7-3-1-4-8-11)12-9-5-2-6-10-12/h1,3-4,7-8H,2,5-6,9-10H2,(H,15,16). The fraction of sp³-hybridized carbons (Fsp3) is 0.357. The van der Waals surface area contributed by atoms with Crippen molar-refractivity contribution in [2.75, 3.05) is 0 Å². The molecule has 0 heterocycles. The van der Waals surface area contributed by atoms with Gasteiger partial charge in [-0.25, -0.2) is 4.79 Å². The highest BCUT2D eigenvalue weighted by atomic mass is 16.4. The lowest BCUT2D eigenvalue weighted by atomic mass is 9.88. The third-order valence-corrected chi connectivity index (χ3v) is 3.09. The van der Waals surface area contributed by atoms with Crippen molar-refractivity contribution >= 4 is 11.5 Å². The molecule has 1 fully saturated rings. The molecule has 16 heavy (non-hydrogen) atoms. The van der Waals surface area contributed by atoms with Gasteiger partial charge < -0.3 is 5.11 Å². The number of rotatable bonds is 2. The second-order valence-electron chi connectivity index (χ2n) is 4.21. The fourth-order valence-corrected chi connectivity index (χ4v) is 2.31. The van der Waals surface area contributed by atoms with Crippen LogP contribution >= 0.6 is 0 Å². The summed E-state index contributed by atoms with van der Waals surface area (Å²) in [6, 6.07) is 9.45. The van der Waals surface area contributed by atoms with Crippen LogP contribution in [-0.2, 0) is 4.79 Å². The first-order valence-corrected chi connectivity index (χ1v) is 5.80. The van der Waals surface area contributed by atoms with Crippen molar-refractivity contribution in [1.82, 2.24) is 0 Å². The number of carbonyl (C=O) groups is 1. The molecule has 0 unspecified atom stereocenters. The second kappa shape index (κ2) is 4.97. The van der Waals surface area contributed by atoms with Gasteiger partial charge in [-0.2, -0.15) is 0 Å². The van der Waals surface area contributed by atoms with Crippen LogP contribution < -0.4 is 0 Å². The van der Waals surface area contributed by atoms with Gasteiger partial charge in [0.05, 0.1) is 5.57 Å². The SMILES string of the molecule is O=C(O)C(=C1CCCCC1)c1ccccc1. The highest BCUT2D eigenvalue weighted by Crippen LogP contribution is 2.30. The molecule has 0 radical (unpaired) electrons. The van der Waals surface area contributed by atoms with E-state index >= 15 is 0 Å². The molecule has 2 nitrogen and oxygen atoms in total. The van der Waals surface area contributed by atoms with Crippen LogP contribution in [-0.4, -0.2) is 11.1 Å². The Kier molecular flexibility index (Phi) is 3.40. The normalized spacial score (nSPS) is 15.9. The van der Waals surface area contributed by atoms with Crippen molar-refractivity contribution in [3.8, 4) is 0 Å². The average molecular weight is 216 g/mol. The Hall–Kier alpha value is -1.57. The summed E-state index contributed by atoms with van der Waals surface area (Å²) in [6.45, 7) is 0. The van der Waals surface area contributed by atoms with Gasteiger partial charge in [0.15, 0.2) is 0 Å². The molecule has 2 rings (SSSR count). The molecule has 2 heteroatoms. The third kappa shape index (κ3) is 2.32. The Balaban J connectivity index is 2.41. The monoisotopic (exact) mass is 216 g/mol. The topological polar surface area (TPSA) is 37.3 Å². The van der Waals surface area contributed by atoms with E-state index in [1.54, 1.807) is 0 Å². The van der Waals surface area contributed by atoms with E-state index in [-0.39, 0.29) is 0 Å². The zero-order valence-corrected chi connectivity index (χ0v) is 9.28. The lowest BCUT2D eigenvalue weighted by Gasteiger charge is -2.17. The largest absolute Gasteiger partial charge is 0.478 e. The van der Waals surface area contributed by atoms with Crippen molar-refractivity contribution in [2.45, 2.75) is 32.1 Å². The Bertz CT molecular complexity index is 396. The van der Waals surface area contributed by atoms with Crippen molar-refractivity contribution < 1.29 is 9.90 Å². The molecule has 0 bridgehead atoms. The molecule has 0 atom stereocenters. The first-order chi connectivity index (χ1) is 7.79. The van der Waals surface area contributed by atoms with Crippen molar-refractivity contribution in [1.29, 1.82) is 0 Å². The number of hydrogen-bond acceptors (Lipinski definition) is 1. The number of carboxylic acids is 1. The molecular formula is C14H16O2. The fourth-order valence-electron chi connectivity index (χ4n) is 2.31. The highest BCUT2D eigenvalue weighted by Gasteiger charge is 2.18. The van der Waals surface area contributed by atoms with Gasteiger partial charge in [-0.1, -0.05) is 42.3 Å². The number of aliphatic carboxylic acids is 1. The van der Waals surface area contributed by atoms with Crippen LogP contribution in [0.5, 0.6) is 0 Å². The number of benzene rings is 1. The number of allylic oxidation sites excluding steroid dienone is 1. The smallest absolute Gasteiger partial charge is 0.336 e. The van der Waals surface area contributed by atoms with Gasteiger partial charge in [0.25, 0.3) is 0 Å². The Morgan fingerprint density at radius 2 is 1.62 bits per heavy atom. The molecule has 0 amide bonds. The molecular weight excluding hydrogens is 200 g/mol. The molecule has 0 aromatic heterocycles. The first-order valence-electron chi connectivity index (χ1n) is 5.80. The maximum atomic E-state index is 11.3. The molecule has 1 aliphatic carbocycles. The summed E-state index contributed by atoms with van der Waals surface area (Å²) in [5.41, 5.74) is 2.48. The van der Waals surface area contributed by atoms with E-state index < -0.39 is 5.97 Å². The summed E-state index contributed by atoms with van der Waals surface area (Å²) in [4.78, 5) is 11.3. The Morgan fingerprint density at radius 1 is 1.00 bits per heavy atom. The summed E-state index contributed by atoms with van der Waals surface area (Å²) in [6.07, 6.45) is 5.36. The molecule has 0 spiro atoms. The predicted molar refractivity (Wildman–Crippen MR) is 64.1 cm³/mol. The van der Waals surface area contributed by atoms with E-state index in [0.717, 1.165) is 36.8 Å². The summed E-state index contributed by atoms with van der Waals surface area (Å²) in [5, 5.41) is 9.32. The van der Waals surface area contributed by atoms with Gasteiger partial charge in [-0.05, 0) is 31.2 Å². The number of hydrogen-bond donors (Lipinski definition) is 1. The van der Waals surface area contributed by atoms with Gasteiger partial charge in [0.1, 0.15) is 0 Å². The van der Waals surface area contributed by atoms with Crippen molar-refractivity contribution in [3.63, 3.8) is 0 Å². The summed E-state index contributed by atoms with van der Waals surface area (Å²) in [7, 11) is 0. The van der Waals surface area contributed by atoms with Crippen molar-refractivity contribution in [3.05, 3.63) is 41.5 Å². The molecule has 84 valence electrons. The van der Waals surface area contributed by atoms with E-state index in [0.29, 0.717) is 5.57 Å². The Morgan fingerprint density at radius 3 is 2.19 bits per heavy atom. The molecule has 1 N–H and O–H groups in total. The van der Waals surface area contributed by atoms with Gasteiger partial charge in [-0.3, -0.25) is 0 Å². The van der Waals surface area contributed by atoms with Crippen molar-refractivity contribution in [2.24, 2.45) is 0 Å². The van der Waals surface area contributed by atoms with E-state index in [1.165, 1.54) is 6.42 Å². The van der Waals surface area contributed by atoms with E-state index in [9.17, 15) is 9.90 Å². The van der Waals surface area contributed by atoms with Crippen LogP contribution in [0.1, 0.15) is 37.7 Å². The quantitative estimate of drug-likeness (QED) is 0.768. The minimum atomic E-state index is -0.789. The predicted octanol–water partition coefficient (Wildman–Crippen LogP) is 3.49. The second-order valence-corrected chi connectivity index (χ2v) is 4.21. The average Bonchev–Trinajstić information content (AvgIpc) is 2.31.